The van der Waals surface area contributed by atoms with Crippen LogP contribution in [0.2, 0.25) is 0 Å². The summed E-state index contributed by atoms with van der Waals surface area (Å²) in [5.41, 5.74) is 6.79. The summed E-state index contributed by atoms with van der Waals surface area (Å²) >= 11 is 0. The molecule has 0 heterocycles. The fourth-order valence-electron chi connectivity index (χ4n) is 0.907. The number of hydrogen-bond donors (Lipinski definition) is 1. The van der Waals surface area contributed by atoms with Crippen LogP contribution in [0.3, 0.4) is 0 Å². The Labute approximate surface area is 67.8 Å². The van der Waals surface area contributed by atoms with E-state index < -0.39 is 0 Å². The van der Waals surface area contributed by atoms with Crippen LogP contribution >= 0.6 is 0 Å². The lowest BCUT2D eigenvalue weighted by molar-refractivity contribution is 0.615. The third-order valence-electron chi connectivity index (χ3n) is 1.64. The zero-order valence-electron chi connectivity index (χ0n) is 6.87. The smallest absolute Gasteiger partial charge is 0.322 e. The second-order valence-corrected chi connectivity index (χ2v) is 2.56. The highest BCUT2D eigenvalue weighted by molar-refractivity contribution is 5.99. The van der Waals surface area contributed by atoms with Crippen molar-refractivity contribution in [2.75, 3.05) is 0 Å². The summed E-state index contributed by atoms with van der Waals surface area (Å²) < 4.78 is 5.01. The van der Waals surface area contributed by atoms with Crippen LogP contribution in [0, 0.1) is 0 Å². The van der Waals surface area contributed by atoms with Gasteiger partial charge in [-0.15, -0.1) is 0 Å². The van der Waals surface area contributed by atoms with Crippen LogP contribution in [-0.4, -0.2) is 8.05 Å². The third kappa shape index (κ3) is 1.98. The molecule has 1 aromatic rings. The Kier molecular flexibility index (Phi) is 2.55. The van der Waals surface area contributed by atoms with Gasteiger partial charge in [-0.3, -0.25) is 0 Å². The maximum atomic E-state index is 5.66. The van der Waals surface area contributed by atoms with Crippen LogP contribution in [0.4, 0.5) is 0 Å². The van der Waals surface area contributed by atoms with Gasteiger partial charge in [-0.05, 0) is 24.6 Å². The molecule has 1 atom stereocenters. The van der Waals surface area contributed by atoms with E-state index in [0.29, 0.717) is 0 Å². The van der Waals surface area contributed by atoms with Crippen LogP contribution in [0.5, 0.6) is 5.75 Å². The number of benzene rings is 1. The van der Waals surface area contributed by atoms with Crippen molar-refractivity contribution in [3.8, 4) is 5.75 Å². The normalized spacial score (nSPS) is 12.5. The SMILES string of the molecule is BOc1ccc([C@H](C)N)cc1. The van der Waals surface area contributed by atoms with Gasteiger partial charge in [-0.25, -0.2) is 0 Å². The molecule has 0 bridgehead atoms. The van der Waals surface area contributed by atoms with E-state index in [2.05, 4.69) is 0 Å². The van der Waals surface area contributed by atoms with Crippen LogP contribution in [0.25, 0.3) is 0 Å². The summed E-state index contributed by atoms with van der Waals surface area (Å²) in [6, 6.07) is 7.88. The molecule has 0 spiro atoms. The molecule has 0 unspecified atom stereocenters. The standard InChI is InChI=1S/C8H12BNO/c1-6(10)7-2-4-8(11-9)5-3-7/h2-6H,9-10H2,1H3/t6-/m0/s1. The molecule has 0 radical (unpaired) electrons. The van der Waals surface area contributed by atoms with Gasteiger partial charge < -0.3 is 10.4 Å². The van der Waals surface area contributed by atoms with Crippen molar-refractivity contribution in [1.82, 2.24) is 0 Å². The van der Waals surface area contributed by atoms with E-state index in [9.17, 15) is 0 Å². The Morgan fingerprint density at radius 2 is 1.91 bits per heavy atom. The second-order valence-electron chi connectivity index (χ2n) is 2.56. The van der Waals surface area contributed by atoms with E-state index in [4.69, 9.17) is 10.4 Å². The molecule has 0 aliphatic carbocycles. The Bertz CT molecular complexity index is 220. The minimum absolute atomic E-state index is 0.0981. The molecule has 1 aromatic carbocycles. The van der Waals surface area contributed by atoms with E-state index in [-0.39, 0.29) is 6.04 Å². The topological polar surface area (TPSA) is 35.2 Å². The van der Waals surface area contributed by atoms with Gasteiger partial charge >= 0.3 is 8.05 Å². The average molecular weight is 149 g/mol. The molecule has 2 N–H and O–H groups in total. The highest BCUT2D eigenvalue weighted by Gasteiger charge is 1.97. The lowest BCUT2D eigenvalue weighted by Crippen LogP contribution is -2.04. The van der Waals surface area contributed by atoms with Gasteiger partial charge in [0.05, 0.1) is 5.75 Å². The fourth-order valence-corrected chi connectivity index (χ4v) is 0.907. The molecule has 2 nitrogen and oxygen atoms in total. The van der Waals surface area contributed by atoms with Crippen molar-refractivity contribution >= 4 is 8.05 Å². The van der Waals surface area contributed by atoms with Crippen molar-refractivity contribution < 1.29 is 4.65 Å². The zero-order chi connectivity index (χ0) is 8.27. The second kappa shape index (κ2) is 3.44. The summed E-state index contributed by atoms with van der Waals surface area (Å²) in [4.78, 5) is 0. The number of rotatable bonds is 2. The fraction of sp³-hybridized carbons (Fsp3) is 0.250. The van der Waals surface area contributed by atoms with E-state index in [0.717, 1.165) is 11.3 Å². The quantitative estimate of drug-likeness (QED) is 0.626. The molecule has 1 rings (SSSR count). The van der Waals surface area contributed by atoms with Gasteiger partial charge in [-0.1, -0.05) is 12.1 Å². The van der Waals surface area contributed by atoms with E-state index in [1.807, 2.05) is 31.2 Å². The van der Waals surface area contributed by atoms with E-state index >= 15 is 0 Å². The molecule has 0 aliphatic rings. The van der Waals surface area contributed by atoms with Gasteiger partial charge in [0.1, 0.15) is 0 Å². The number of hydrogen-bond acceptors (Lipinski definition) is 2. The highest BCUT2D eigenvalue weighted by Crippen LogP contribution is 2.14. The first kappa shape index (κ1) is 8.14. The number of nitrogens with two attached hydrogens (primary N) is 1. The van der Waals surface area contributed by atoms with Gasteiger partial charge in [-0.2, -0.15) is 0 Å². The molecule has 0 saturated heterocycles. The monoisotopic (exact) mass is 149 g/mol. The molecule has 0 fully saturated rings. The van der Waals surface area contributed by atoms with E-state index in [1.165, 1.54) is 0 Å². The maximum absolute atomic E-state index is 5.66. The van der Waals surface area contributed by atoms with Crippen molar-refractivity contribution in [1.29, 1.82) is 0 Å². The van der Waals surface area contributed by atoms with Gasteiger partial charge in [0.25, 0.3) is 0 Å². The molecule has 0 amide bonds. The van der Waals surface area contributed by atoms with Gasteiger partial charge in [0.15, 0.2) is 0 Å². The lowest BCUT2D eigenvalue weighted by Gasteiger charge is -2.05. The molecular weight excluding hydrogens is 137 g/mol. The first-order valence-electron chi connectivity index (χ1n) is 3.63. The molecular formula is C8H12BNO. The summed E-state index contributed by atoms with van der Waals surface area (Å²) in [5.74, 6) is 0.870. The Morgan fingerprint density at radius 3 is 2.27 bits per heavy atom. The van der Waals surface area contributed by atoms with E-state index in [1.54, 1.807) is 8.05 Å². The zero-order valence-corrected chi connectivity index (χ0v) is 6.87. The molecule has 0 aromatic heterocycles. The molecule has 58 valence electrons. The van der Waals surface area contributed by atoms with Crippen molar-refractivity contribution in [2.45, 2.75) is 13.0 Å². The Morgan fingerprint density at radius 1 is 1.36 bits per heavy atom. The van der Waals surface area contributed by atoms with Crippen molar-refractivity contribution in [3.63, 3.8) is 0 Å². The van der Waals surface area contributed by atoms with Crippen LogP contribution in [0.1, 0.15) is 18.5 Å². The van der Waals surface area contributed by atoms with Gasteiger partial charge in [0, 0.05) is 6.04 Å². The van der Waals surface area contributed by atoms with Crippen LogP contribution in [0.15, 0.2) is 24.3 Å². The largest absolute Gasteiger partial charge is 0.568 e. The minimum Gasteiger partial charge on any atom is -0.568 e. The summed E-state index contributed by atoms with van der Waals surface area (Å²) in [5, 5.41) is 0. The Balaban J connectivity index is 2.83. The molecule has 0 saturated carbocycles. The Hall–Kier alpha value is -0.955. The average Bonchev–Trinajstić information content (AvgIpc) is 2.05. The first-order valence-corrected chi connectivity index (χ1v) is 3.63. The van der Waals surface area contributed by atoms with Crippen LogP contribution in [-0.2, 0) is 0 Å². The van der Waals surface area contributed by atoms with Crippen LogP contribution < -0.4 is 10.4 Å². The van der Waals surface area contributed by atoms with Gasteiger partial charge in [0.2, 0.25) is 0 Å². The minimum atomic E-state index is 0.0981. The summed E-state index contributed by atoms with van der Waals surface area (Å²) in [6.07, 6.45) is 0. The maximum Gasteiger partial charge on any atom is 0.322 e. The summed E-state index contributed by atoms with van der Waals surface area (Å²) in [6.45, 7) is 1.96. The lowest BCUT2D eigenvalue weighted by atomic mass is 10.1. The van der Waals surface area contributed by atoms with Crippen molar-refractivity contribution in [2.24, 2.45) is 5.73 Å². The molecule has 0 aliphatic heterocycles. The highest BCUT2D eigenvalue weighted by atomic mass is 16.4. The predicted octanol–water partition coefficient (Wildman–Crippen LogP) is 0.633. The third-order valence-corrected chi connectivity index (χ3v) is 1.64. The first-order chi connectivity index (χ1) is 5.24. The molecule has 11 heavy (non-hydrogen) atoms. The summed E-state index contributed by atoms with van der Waals surface area (Å²) in [7, 11) is 1.65. The molecule has 3 heteroatoms. The van der Waals surface area contributed by atoms with Crippen molar-refractivity contribution in [3.05, 3.63) is 29.8 Å². The predicted molar refractivity (Wildman–Crippen MR) is 48.2 cm³/mol.